The predicted molar refractivity (Wildman–Crippen MR) is 105 cm³/mol. The van der Waals surface area contributed by atoms with Gasteiger partial charge in [-0.25, -0.2) is 9.78 Å². The van der Waals surface area contributed by atoms with Gasteiger partial charge in [0.1, 0.15) is 0 Å². The van der Waals surface area contributed by atoms with E-state index in [1.165, 1.54) is 24.3 Å². The molecule has 0 saturated carbocycles. The number of pyridine rings is 1. The highest BCUT2D eigenvalue weighted by Gasteiger charge is 2.30. The molecule has 4 rings (SSSR count). The average molecular weight is 425 g/mol. The second kappa shape index (κ2) is 8.39. The van der Waals surface area contributed by atoms with Gasteiger partial charge in [-0.2, -0.15) is 18.2 Å². The van der Waals surface area contributed by atoms with Crippen LogP contribution in [0.5, 0.6) is 0 Å². The van der Waals surface area contributed by atoms with E-state index in [1.54, 1.807) is 6.07 Å². The third-order valence-electron chi connectivity index (χ3n) is 4.26. The van der Waals surface area contributed by atoms with Crippen LogP contribution in [-0.2, 0) is 22.3 Å². The standard InChI is InChI=1S/C22H14F3N3O3/c23-22(24,25)16-6-3-5-15(12-16)21-27-19(31-28-21)13-30-20(29)11-10-17-9-8-14-4-1-2-7-18(14)26-17/h1-12H,13H2/b11-10+. The maximum absolute atomic E-state index is 12.8. The van der Waals surface area contributed by atoms with Crippen LogP contribution in [0.3, 0.4) is 0 Å². The molecular weight excluding hydrogens is 411 g/mol. The summed E-state index contributed by atoms with van der Waals surface area (Å²) in [5, 5.41) is 4.62. The summed E-state index contributed by atoms with van der Waals surface area (Å²) in [7, 11) is 0. The molecule has 2 heterocycles. The summed E-state index contributed by atoms with van der Waals surface area (Å²) in [4.78, 5) is 20.3. The van der Waals surface area contributed by atoms with E-state index < -0.39 is 17.7 Å². The minimum Gasteiger partial charge on any atom is -0.452 e. The number of nitrogens with zero attached hydrogens (tertiary/aromatic N) is 3. The molecule has 0 amide bonds. The van der Waals surface area contributed by atoms with Crippen LogP contribution in [0.25, 0.3) is 28.4 Å². The Bertz CT molecular complexity index is 1270. The summed E-state index contributed by atoms with van der Waals surface area (Å²) < 4.78 is 48.5. The second-order valence-corrected chi connectivity index (χ2v) is 6.46. The third-order valence-corrected chi connectivity index (χ3v) is 4.26. The summed E-state index contributed by atoms with van der Waals surface area (Å²) in [6.07, 6.45) is -1.76. The van der Waals surface area contributed by atoms with Gasteiger partial charge in [0.05, 0.1) is 16.8 Å². The fraction of sp³-hybridized carbons (Fsp3) is 0.0909. The van der Waals surface area contributed by atoms with Crippen LogP contribution >= 0.6 is 0 Å². The first-order valence-electron chi connectivity index (χ1n) is 9.09. The average Bonchev–Trinajstić information content (AvgIpc) is 3.25. The van der Waals surface area contributed by atoms with Gasteiger partial charge in [-0.1, -0.05) is 41.6 Å². The number of benzene rings is 2. The van der Waals surface area contributed by atoms with Crippen LogP contribution in [0.4, 0.5) is 13.2 Å². The minimum absolute atomic E-state index is 0.0342. The van der Waals surface area contributed by atoms with E-state index in [-0.39, 0.29) is 23.9 Å². The Hall–Kier alpha value is -4.01. The number of fused-ring (bicyclic) bond motifs is 1. The molecular formula is C22H14F3N3O3. The first-order valence-corrected chi connectivity index (χ1v) is 9.09. The molecule has 0 saturated heterocycles. The van der Waals surface area contributed by atoms with E-state index in [2.05, 4.69) is 15.1 Å². The maximum Gasteiger partial charge on any atom is 0.416 e. The van der Waals surface area contributed by atoms with Gasteiger partial charge in [-0.15, -0.1) is 0 Å². The monoisotopic (exact) mass is 425 g/mol. The Balaban J connectivity index is 1.38. The number of hydrogen-bond donors (Lipinski definition) is 0. The van der Waals surface area contributed by atoms with Crippen molar-refractivity contribution in [3.8, 4) is 11.4 Å². The fourth-order valence-electron chi connectivity index (χ4n) is 2.77. The predicted octanol–water partition coefficient (Wildman–Crippen LogP) is 5.06. The van der Waals surface area contributed by atoms with Gasteiger partial charge < -0.3 is 9.26 Å². The van der Waals surface area contributed by atoms with Gasteiger partial charge in [-0.05, 0) is 30.3 Å². The van der Waals surface area contributed by atoms with Crippen molar-refractivity contribution in [1.29, 1.82) is 0 Å². The number of esters is 1. The highest BCUT2D eigenvalue weighted by Crippen LogP contribution is 2.31. The zero-order chi connectivity index (χ0) is 21.8. The second-order valence-electron chi connectivity index (χ2n) is 6.46. The van der Waals surface area contributed by atoms with Crippen LogP contribution in [0.15, 0.2) is 71.3 Å². The largest absolute Gasteiger partial charge is 0.452 e. The first kappa shape index (κ1) is 20.3. The van der Waals surface area contributed by atoms with Crippen molar-refractivity contribution in [3.63, 3.8) is 0 Å². The van der Waals surface area contributed by atoms with E-state index in [1.807, 2.05) is 30.3 Å². The summed E-state index contributed by atoms with van der Waals surface area (Å²) in [5.41, 5.74) is 0.694. The van der Waals surface area contributed by atoms with E-state index in [0.29, 0.717) is 5.69 Å². The van der Waals surface area contributed by atoms with Crippen molar-refractivity contribution in [2.75, 3.05) is 0 Å². The summed E-state index contributed by atoms with van der Waals surface area (Å²) >= 11 is 0. The Morgan fingerprint density at radius 3 is 2.71 bits per heavy atom. The minimum atomic E-state index is -4.48. The maximum atomic E-state index is 12.8. The number of alkyl halides is 3. The molecule has 6 nitrogen and oxygen atoms in total. The molecule has 0 N–H and O–H groups in total. The van der Waals surface area contributed by atoms with Crippen LogP contribution in [0.1, 0.15) is 17.1 Å². The Morgan fingerprint density at radius 2 is 1.87 bits per heavy atom. The number of carbonyl (C=O) groups excluding carboxylic acids is 1. The van der Waals surface area contributed by atoms with Crippen molar-refractivity contribution < 1.29 is 27.2 Å². The third kappa shape index (κ3) is 4.95. The lowest BCUT2D eigenvalue weighted by Gasteiger charge is -2.06. The number of ether oxygens (including phenoxy) is 1. The van der Waals surface area contributed by atoms with E-state index in [0.717, 1.165) is 23.0 Å². The molecule has 156 valence electrons. The summed E-state index contributed by atoms with van der Waals surface area (Å²) in [6.45, 7) is -0.319. The molecule has 2 aromatic heterocycles. The summed E-state index contributed by atoms with van der Waals surface area (Å²) in [6, 6.07) is 15.8. The molecule has 9 heteroatoms. The molecule has 0 unspecified atom stereocenters. The van der Waals surface area contributed by atoms with Crippen molar-refractivity contribution in [2.45, 2.75) is 12.8 Å². The Morgan fingerprint density at radius 1 is 1.03 bits per heavy atom. The van der Waals surface area contributed by atoms with Crippen LogP contribution in [0, 0.1) is 0 Å². The molecule has 0 aliphatic rings. The van der Waals surface area contributed by atoms with Crippen LogP contribution < -0.4 is 0 Å². The lowest BCUT2D eigenvalue weighted by molar-refractivity contribution is -0.140. The zero-order valence-corrected chi connectivity index (χ0v) is 15.8. The number of rotatable bonds is 5. The van der Waals surface area contributed by atoms with Crippen molar-refractivity contribution in [3.05, 3.63) is 83.9 Å². The quantitative estimate of drug-likeness (QED) is 0.329. The van der Waals surface area contributed by atoms with Crippen LogP contribution in [-0.4, -0.2) is 21.1 Å². The van der Waals surface area contributed by atoms with Crippen LogP contribution in [0.2, 0.25) is 0 Å². The molecule has 0 spiro atoms. The topological polar surface area (TPSA) is 78.1 Å². The lowest BCUT2D eigenvalue weighted by Crippen LogP contribution is -2.04. The van der Waals surface area contributed by atoms with Gasteiger partial charge in [0.2, 0.25) is 5.82 Å². The number of para-hydroxylation sites is 1. The van der Waals surface area contributed by atoms with Gasteiger partial charge in [0, 0.05) is 17.0 Å². The summed E-state index contributed by atoms with van der Waals surface area (Å²) in [5.74, 6) is -0.736. The van der Waals surface area contributed by atoms with Crippen molar-refractivity contribution in [1.82, 2.24) is 15.1 Å². The van der Waals surface area contributed by atoms with E-state index >= 15 is 0 Å². The van der Waals surface area contributed by atoms with Gasteiger partial charge >= 0.3 is 12.1 Å². The molecule has 31 heavy (non-hydrogen) atoms. The van der Waals surface area contributed by atoms with Gasteiger partial charge in [-0.3, -0.25) is 0 Å². The molecule has 0 bridgehead atoms. The molecule has 0 aliphatic heterocycles. The number of aromatic nitrogens is 3. The van der Waals surface area contributed by atoms with Gasteiger partial charge in [0.25, 0.3) is 5.89 Å². The van der Waals surface area contributed by atoms with Gasteiger partial charge in [0.15, 0.2) is 6.61 Å². The number of carbonyl (C=O) groups is 1. The number of hydrogen-bond acceptors (Lipinski definition) is 6. The SMILES string of the molecule is O=C(/C=C/c1ccc2ccccc2n1)OCc1nc(-c2cccc(C(F)(F)F)c2)no1. The van der Waals surface area contributed by atoms with E-state index in [4.69, 9.17) is 9.26 Å². The zero-order valence-electron chi connectivity index (χ0n) is 15.8. The first-order chi connectivity index (χ1) is 14.9. The lowest BCUT2D eigenvalue weighted by atomic mass is 10.1. The molecule has 0 aliphatic carbocycles. The van der Waals surface area contributed by atoms with E-state index in [9.17, 15) is 18.0 Å². The molecule has 0 atom stereocenters. The number of halogens is 3. The Labute approximate surface area is 174 Å². The normalized spacial score (nSPS) is 11.8. The molecule has 0 radical (unpaired) electrons. The smallest absolute Gasteiger partial charge is 0.416 e. The highest BCUT2D eigenvalue weighted by molar-refractivity contribution is 5.87. The van der Waals surface area contributed by atoms with Crippen molar-refractivity contribution >= 4 is 22.9 Å². The molecule has 0 fully saturated rings. The fourth-order valence-corrected chi connectivity index (χ4v) is 2.77. The van der Waals surface area contributed by atoms with Crippen molar-refractivity contribution in [2.24, 2.45) is 0 Å². The molecule has 4 aromatic rings. The molecule has 2 aromatic carbocycles. The Kier molecular flexibility index (Phi) is 5.48. The highest BCUT2D eigenvalue weighted by atomic mass is 19.4.